The Kier molecular flexibility index (Phi) is 2.17. The molecule has 1 aromatic carbocycles. The van der Waals surface area contributed by atoms with E-state index in [2.05, 4.69) is 0 Å². The molecule has 0 bridgehead atoms. The molecule has 0 amide bonds. The van der Waals surface area contributed by atoms with Gasteiger partial charge in [0, 0.05) is 0 Å². The van der Waals surface area contributed by atoms with E-state index in [9.17, 15) is 17.6 Å². The van der Waals surface area contributed by atoms with Gasteiger partial charge in [-0.3, -0.25) is 0 Å². The maximum absolute atomic E-state index is 12.4. The monoisotopic (exact) mass is 170 g/mol. The Balaban J connectivity index is 3.60. The maximum atomic E-state index is 12.4. The summed E-state index contributed by atoms with van der Waals surface area (Å²) < 4.78 is 49.5. The molecule has 0 saturated carbocycles. The fraction of sp³-hybridized carbons (Fsp3) is 0. The van der Waals surface area contributed by atoms with Crippen molar-refractivity contribution in [2.75, 3.05) is 0 Å². The third-order valence-electron chi connectivity index (χ3n) is 1.34. The molecule has 0 fully saturated rings. The summed E-state index contributed by atoms with van der Waals surface area (Å²) in [6.07, 6.45) is 0. The molecule has 0 N–H and O–H groups in total. The highest BCUT2D eigenvalue weighted by molar-refractivity contribution is 6.48. The largest absolute Gasteiger partial charge is 0.204 e. The molecule has 0 saturated heterocycles. The molecule has 0 spiro atoms. The van der Waals surface area contributed by atoms with Gasteiger partial charge in [0.05, 0.1) is 0 Å². The fourth-order valence-electron chi connectivity index (χ4n) is 0.666. The topological polar surface area (TPSA) is 0 Å². The van der Waals surface area contributed by atoms with E-state index in [4.69, 9.17) is 15.7 Å². The highest BCUT2D eigenvalue weighted by atomic mass is 19.2. The number of hydrogen-bond donors (Lipinski definition) is 0. The molecule has 1 aromatic rings. The summed E-state index contributed by atoms with van der Waals surface area (Å²) in [4.78, 5) is 0. The first-order valence-electron chi connectivity index (χ1n) is 2.83. The average Bonchev–Trinajstić information content (AvgIpc) is 2.08. The van der Waals surface area contributed by atoms with E-state index in [1.807, 2.05) is 0 Å². The molecule has 4 radical (unpaired) electrons. The second kappa shape index (κ2) is 2.84. The maximum Gasteiger partial charge on any atom is 0.196 e. The Morgan fingerprint density at radius 2 is 0.833 bits per heavy atom. The van der Waals surface area contributed by atoms with E-state index in [0.29, 0.717) is 0 Å². The van der Waals surface area contributed by atoms with Crippen LogP contribution in [0, 0.1) is 23.3 Å². The van der Waals surface area contributed by atoms with E-state index in [1.165, 1.54) is 0 Å². The summed E-state index contributed by atoms with van der Waals surface area (Å²) in [5.74, 6) is -7.27. The van der Waals surface area contributed by atoms with E-state index >= 15 is 0 Å². The lowest BCUT2D eigenvalue weighted by atomic mass is 9.79. The molecule has 0 nitrogen and oxygen atoms in total. The lowest BCUT2D eigenvalue weighted by Crippen LogP contribution is -2.34. The van der Waals surface area contributed by atoms with Crippen LogP contribution >= 0.6 is 0 Å². The smallest absolute Gasteiger partial charge is 0.196 e. The molecule has 0 aromatic heterocycles. The molecule has 58 valence electrons. The highest BCUT2D eigenvalue weighted by Crippen LogP contribution is 2.09. The van der Waals surface area contributed by atoms with Gasteiger partial charge in [-0.25, -0.2) is 17.6 Å². The lowest BCUT2D eigenvalue weighted by Gasteiger charge is -2.06. The van der Waals surface area contributed by atoms with Gasteiger partial charge >= 0.3 is 0 Å². The molecular weight excluding hydrogens is 170 g/mol. The second-order valence-corrected chi connectivity index (χ2v) is 2.08. The molecular formula is C6B2F4. The van der Waals surface area contributed by atoms with Gasteiger partial charge in [-0.05, 0) is 0 Å². The summed E-state index contributed by atoms with van der Waals surface area (Å²) in [6, 6.07) is 0. The van der Waals surface area contributed by atoms with Gasteiger partial charge in [-0.1, -0.05) is 10.9 Å². The van der Waals surface area contributed by atoms with Gasteiger partial charge in [0.25, 0.3) is 0 Å². The summed E-state index contributed by atoms with van der Waals surface area (Å²) >= 11 is 0. The molecule has 0 aliphatic carbocycles. The van der Waals surface area contributed by atoms with Crippen molar-refractivity contribution in [3.05, 3.63) is 23.3 Å². The van der Waals surface area contributed by atoms with Gasteiger partial charge in [-0.15, -0.1) is 0 Å². The first-order chi connectivity index (χ1) is 5.46. The zero-order chi connectivity index (χ0) is 9.46. The van der Waals surface area contributed by atoms with E-state index in [-0.39, 0.29) is 0 Å². The molecule has 0 unspecified atom stereocenters. The van der Waals surface area contributed by atoms with Crippen LogP contribution in [0.1, 0.15) is 0 Å². The predicted molar refractivity (Wildman–Crippen MR) is 37.0 cm³/mol. The third-order valence-corrected chi connectivity index (χ3v) is 1.34. The van der Waals surface area contributed by atoms with E-state index < -0.39 is 34.2 Å². The Morgan fingerprint density at radius 1 is 0.583 bits per heavy atom. The second-order valence-electron chi connectivity index (χ2n) is 2.08. The molecule has 0 aliphatic heterocycles. The Morgan fingerprint density at radius 3 is 1.08 bits per heavy atom. The number of hydrogen-bond acceptors (Lipinski definition) is 0. The van der Waals surface area contributed by atoms with Crippen LogP contribution in [0.3, 0.4) is 0 Å². The minimum Gasteiger partial charge on any atom is -0.204 e. The zero-order valence-electron chi connectivity index (χ0n) is 5.67. The van der Waals surface area contributed by atoms with Crippen LogP contribution in [-0.2, 0) is 0 Å². The summed E-state index contributed by atoms with van der Waals surface area (Å²) in [5, 5.41) is 0. The first-order valence-corrected chi connectivity index (χ1v) is 2.83. The average molecular weight is 170 g/mol. The van der Waals surface area contributed by atoms with Gasteiger partial charge in [0.15, 0.2) is 23.3 Å². The van der Waals surface area contributed by atoms with Crippen LogP contribution in [0.4, 0.5) is 17.6 Å². The van der Waals surface area contributed by atoms with Gasteiger partial charge in [-0.2, -0.15) is 0 Å². The number of benzene rings is 1. The predicted octanol–water partition coefficient (Wildman–Crippen LogP) is -0.169. The number of halogens is 4. The molecule has 0 heterocycles. The van der Waals surface area contributed by atoms with Crippen LogP contribution < -0.4 is 10.9 Å². The molecule has 1 rings (SSSR count). The van der Waals surface area contributed by atoms with Crippen LogP contribution in [0.15, 0.2) is 0 Å². The van der Waals surface area contributed by atoms with Crippen LogP contribution in [-0.4, -0.2) is 15.7 Å². The van der Waals surface area contributed by atoms with Crippen molar-refractivity contribution in [2.24, 2.45) is 0 Å². The van der Waals surface area contributed by atoms with Crippen molar-refractivity contribution in [1.29, 1.82) is 0 Å². The highest BCUT2D eigenvalue weighted by Gasteiger charge is 2.19. The van der Waals surface area contributed by atoms with Crippen LogP contribution in [0.5, 0.6) is 0 Å². The van der Waals surface area contributed by atoms with E-state index in [1.54, 1.807) is 0 Å². The Hall–Kier alpha value is -0.930. The van der Waals surface area contributed by atoms with Gasteiger partial charge in [0.1, 0.15) is 15.7 Å². The van der Waals surface area contributed by atoms with Crippen molar-refractivity contribution in [3.63, 3.8) is 0 Å². The molecule has 6 heteroatoms. The number of rotatable bonds is 0. The standard InChI is InChI=1S/C6B2F4/c7-1-2(8)4(10)6(12)5(11)3(1)9. The minimum atomic E-state index is -1.96. The van der Waals surface area contributed by atoms with Crippen LogP contribution in [0.25, 0.3) is 0 Å². The Labute approximate surface area is 68.4 Å². The molecule has 12 heavy (non-hydrogen) atoms. The third kappa shape index (κ3) is 1.11. The van der Waals surface area contributed by atoms with Crippen molar-refractivity contribution < 1.29 is 17.6 Å². The molecule has 0 aliphatic rings. The quantitative estimate of drug-likeness (QED) is 0.219. The van der Waals surface area contributed by atoms with Crippen molar-refractivity contribution in [2.45, 2.75) is 0 Å². The fourth-order valence-corrected chi connectivity index (χ4v) is 0.666. The van der Waals surface area contributed by atoms with Crippen LogP contribution in [0.2, 0.25) is 0 Å². The molecule has 0 atom stereocenters. The van der Waals surface area contributed by atoms with Gasteiger partial charge in [0.2, 0.25) is 0 Å². The van der Waals surface area contributed by atoms with Gasteiger partial charge < -0.3 is 0 Å². The SMILES string of the molecule is [B]c1c([B])c(F)c(F)c(F)c1F. The zero-order valence-corrected chi connectivity index (χ0v) is 5.67. The normalized spacial score (nSPS) is 10.3. The summed E-state index contributed by atoms with van der Waals surface area (Å²) in [7, 11) is 9.61. The van der Waals surface area contributed by atoms with Crippen molar-refractivity contribution >= 4 is 26.6 Å². The first kappa shape index (κ1) is 9.16. The minimum absolute atomic E-state index is 0.925. The van der Waals surface area contributed by atoms with E-state index in [0.717, 1.165) is 0 Å². The summed E-state index contributed by atoms with van der Waals surface area (Å²) in [6.45, 7) is 0. The van der Waals surface area contributed by atoms with Crippen molar-refractivity contribution in [3.8, 4) is 0 Å². The summed E-state index contributed by atoms with van der Waals surface area (Å²) in [5.41, 5.74) is -1.85. The lowest BCUT2D eigenvalue weighted by molar-refractivity contribution is 0.416. The Bertz CT molecular complexity index is 232. The van der Waals surface area contributed by atoms with Crippen molar-refractivity contribution in [1.82, 2.24) is 0 Å².